The van der Waals surface area contributed by atoms with E-state index >= 15 is 0 Å². The summed E-state index contributed by atoms with van der Waals surface area (Å²) in [6.45, 7) is 0.343. The highest BCUT2D eigenvalue weighted by atomic mass is 32.2. The summed E-state index contributed by atoms with van der Waals surface area (Å²) in [4.78, 5) is 28.7. The first-order valence-corrected chi connectivity index (χ1v) is 10.9. The van der Waals surface area contributed by atoms with Gasteiger partial charge in [0, 0.05) is 18.5 Å². The maximum Gasteiger partial charge on any atom is 0.265 e. The largest absolute Gasteiger partial charge is 0.482 e. The number of anilines is 2. The molecule has 0 unspecified atom stereocenters. The van der Waals surface area contributed by atoms with Gasteiger partial charge in [0.1, 0.15) is 12.3 Å². The Morgan fingerprint density at radius 3 is 2.71 bits per heavy atom. The Morgan fingerprint density at radius 2 is 1.93 bits per heavy atom. The second-order valence-electron chi connectivity index (χ2n) is 6.95. The first kappa shape index (κ1) is 18.5. The summed E-state index contributed by atoms with van der Waals surface area (Å²) >= 11 is 0. The minimum atomic E-state index is -3.31. The molecule has 0 radical (unpaired) electrons. The first-order chi connectivity index (χ1) is 13.3. The van der Waals surface area contributed by atoms with Crippen LogP contribution in [0.3, 0.4) is 0 Å². The van der Waals surface area contributed by atoms with Crippen LogP contribution < -0.4 is 14.5 Å². The molecule has 0 aromatic heterocycles. The van der Waals surface area contributed by atoms with E-state index in [0.29, 0.717) is 30.1 Å². The lowest BCUT2D eigenvalue weighted by atomic mass is 10.0. The highest BCUT2D eigenvalue weighted by molar-refractivity contribution is 7.90. The number of para-hydroxylation sites is 2. The minimum absolute atomic E-state index is 0.0908. The first-order valence-electron chi connectivity index (χ1n) is 9.00. The van der Waals surface area contributed by atoms with Crippen molar-refractivity contribution in [3.8, 4) is 5.75 Å². The highest BCUT2D eigenvalue weighted by Crippen LogP contribution is 2.33. The monoisotopic (exact) mass is 400 g/mol. The lowest BCUT2D eigenvalue weighted by Gasteiger charge is -2.33. The number of carbonyl (C=O) groups is 2. The summed E-state index contributed by atoms with van der Waals surface area (Å²) in [5.41, 5.74) is 2.12. The summed E-state index contributed by atoms with van der Waals surface area (Å²) in [6.07, 6.45) is 2.61. The Kier molecular flexibility index (Phi) is 4.58. The molecule has 0 spiro atoms. The van der Waals surface area contributed by atoms with Crippen LogP contribution in [0.15, 0.2) is 47.4 Å². The van der Waals surface area contributed by atoms with Gasteiger partial charge in [0.15, 0.2) is 16.4 Å². The standard InChI is InChI=1S/C20H20N2O5S/c1-28(25,26)15-8-9-16-14(11-15)5-4-10-21(16)19(23)12-22-17-6-2-3-7-18(17)27-13-20(22)24/h2-3,6-9,11H,4-5,10,12-13H2,1H3. The summed E-state index contributed by atoms with van der Waals surface area (Å²) in [6, 6.07) is 12.0. The molecule has 0 atom stereocenters. The van der Waals surface area contributed by atoms with Crippen molar-refractivity contribution in [1.82, 2.24) is 0 Å². The molecule has 0 saturated carbocycles. The zero-order chi connectivity index (χ0) is 19.9. The van der Waals surface area contributed by atoms with Gasteiger partial charge in [0.25, 0.3) is 5.91 Å². The Morgan fingerprint density at radius 1 is 1.14 bits per heavy atom. The van der Waals surface area contributed by atoms with Crippen LogP contribution in [0.1, 0.15) is 12.0 Å². The van der Waals surface area contributed by atoms with Gasteiger partial charge in [-0.2, -0.15) is 0 Å². The maximum atomic E-state index is 13.0. The fraction of sp³-hybridized carbons (Fsp3) is 0.300. The number of fused-ring (bicyclic) bond motifs is 2. The molecule has 0 N–H and O–H groups in total. The van der Waals surface area contributed by atoms with E-state index in [2.05, 4.69) is 0 Å². The molecule has 2 aliphatic rings. The number of amides is 2. The third kappa shape index (κ3) is 3.35. The number of nitrogens with zero attached hydrogens (tertiary/aromatic N) is 2. The Balaban J connectivity index is 1.61. The van der Waals surface area contributed by atoms with Crippen molar-refractivity contribution in [3.05, 3.63) is 48.0 Å². The van der Waals surface area contributed by atoms with Crippen molar-refractivity contribution in [2.24, 2.45) is 0 Å². The number of rotatable bonds is 3. The number of hydrogen-bond donors (Lipinski definition) is 0. The van der Waals surface area contributed by atoms with Crippen molar-refractivity contribution < 1.29 is 22.7 Å². The summed E-state index contributed by atoms with van der Waals surface area (Å²) in [5, 5.41) is 0. The average Bonchev–Trinajstić information content (AvgIpc) is 2.68. The molecule has 8 heteroatoms. The SMILES string of the molecule is CS(=O)(=O)c1ccc2c(c1)CCCN2C(=O)CN1C(=O)COc2ccccc21. The van der Waals surface area contributed by atoms with Crippen molar-refractivity contribution in [2.45, 2.75) is 17.7 Å². The predicted octanol–water partition coefficient (Wildman–Crippen LogP) is 1.79. The minimum Gasteiger partial charge on any atom is -0.482 e. The fourth-order valence-electron chi connectivity index (χ4n) is 3.61. The van der Waals surface area contributed by atoms with Crippen molar-refractivity contribution in [1.29, 1.82) is 0 Å². The average molecular weight is 400 g/mol. The number of carbonyl (C=O) groups excluding carboxylic acids is 2. The molecular weight excluding hydrogens is 380 g/mol. The lowest BCUT2D eigenvalue weighted by molar-refractivity contribution is -0.124. The van der Waals surface area contributed by atoms with E-state index in [1.807, 2.05) is 6.07 Å². The number of sulfone groups is 1. The van der Waals surface area contributed by atoms with E-state index in [4.69, 9.17) is 4.74 Å². The molecule has 2 aliphatic heterocycles. The molecule has 146 valence electrons. The van der Waals surface area contributed by atoms with Crippen LogP contribution in [0.2, 0.25) is 0 Å². The molecule has 0 saturated heterocycles. The lowest BCUT2D eigenvalue weighted by Crippen LogP contribution is -2.47. The fourth-order valence-corrected chi connectivity index (χ4v) is 4.28. The predicted molar refractivity (Wildman–Crippen MR) is 105 cm³/mol. The van der Waals surface area contributed by atoms with Gasteiger partial charge in [-0.05, 0) is 48.7 Å². The summed E-state index contributed by atoms with van der Waals surface area (Å²) in [7, 11) is -3.31. The second kappa shape index (κ2) is 6.94. The highest BCUT2D eigenvalue weighted by Gasteiger charge is 2.30. The molecule has 7 nitrogen and oxygen atoms in total. The zero-order valence-electron chi connectivity index (χ0n) is 15.4. The number of ether oxygens (including phenoxy) is 1. The van der Waals surface area contributed by atoms with Gasteiger partial charge in [0.05, 0.1) is 10.6 Å². The molecule has 2 amide bonds. The van der Waals surface area contributed by atoms with Crippen molar-refractivity contribution in [3.63, 3.8) is 0 Å². The molecule has 28 heavy (non-hydrogen) atoms. The Labute approximate surface area is 163 Å². The van der Waals surface area contributed by atoms with Gasteiger partial charge >= 0.3 is 0 Å². The molecule has 0 bridgehead atoms. The third-order valence-corrected chi connectivity index (χ3v) is 6.11. The van der Waals surface area contributed by atoms with Crippen molar-refractivity contribution >= 4 is 33.0 Å². The smallest absolute Gasteiger partial charge is 0.265 e. The van der Waals surface area contributed by atoms with E-state index in [1.165, 1.54) is 17.2 Å². The van der Waals surface area contributed by atoms with E-state index in [1.54, 1.807) is 35.2 Å². The van der Waals surface area contributed by atoms with Crippen LogP contribution in [-0.2, 0) is 25.8 Å². The molecule has 2 heterocycles. The Bertz CT molecular complexity index is 1060. The molecule has 0 aliphatic carbocycles. The van der Waals surface area contributed by atoms with Crippen LogP contribution in [0.25, 0.3) is 0 Å². The van der Waals surface area contributed by atoms with Gasteiger partial charge in [-0.3, -0.25) is 14.5 Å². The summed E-state index contributed by atoms with van der Waals surface area (Å²) < 4.78 is 29.0. The normalized spacial score (nSPS) is 16.2. The van der Waals surface area contributed by atoms with Gasteiger partial charge < -0.3 is 9.64 Å². The van der Waals surface area contributed by atoms with Crippen LogP contribution in [0.4, 0.5) is 11.4 Å². The van der Waals surface area contributed by atoms with Gasteiger partial charge in [-0.15, -0.1) is 0 Å². The second-order valence-corrected chi connectivity index (χ2v) is 8.96. The summed E-state index contributed by atoms with van der Waals surface area (Å²) in [5.74, 6) is 0.0987. The number of benzene rings is 2. The van der Waals surface area contributed by atoms with Crippen LogP contribution in [0, 0.1) is 0 Å². The van der Waals surface area contributed by atoms with E-state index in [0.717, 1.165) is 12.0 Å². The third-order valence-electron chi connectivity index (χ3n) is 5.00. The maximum absolute atomic E-state index is 13.0. The van der Waals surface area contributed by atoms with Crippen LogP contribution >= 0.6 is 0 Å². The van der Waals surface area contributed by atoms with Gasteiger partial charge in [0.2, 0.25) is 5.91 Å². The molecule has 0 fully saturated rings. The topological polar surface area (TPSA) is 84.0 Å². The van der Waals surface area contributed by atoms with Crippen molar-refractivity contribution in [2.75, 3.05) is 35.8 Å². The Hall–Kier alpha value is -2.87. The van der Waals surface area contributed by atoms with E-state index in [-0.39, 0.29) is 29.9 Å². The molecule has 4 rings (SSSR count). The van der Waals surface area contributed by atoms with Crippen LogP contribution in [0.5, 0.6) is 5.75 Å². The quantitative estimate of drug-likeness (QED) is 0.784. The number of aryl methyl sites for hydroxylation is 1. The molecule has 2 aromatic rings. The number of hydrogen-bond acceptors (Lipinski definition) is 5. The van der Waals surface area contributed by atoms with Gasteiger partial charge in [-0.25, -0.2) is 8.42 Å². The van der Waals surface area contributed by atoms with E-state index in [9.17, 15) is 18.0 Å². The van der Waals surface area contributed by atoms with Crippen LogP contribution in [-0.4, -0.2) is 46.2 Å². The van der Waals surface area contributed by atoms with E-state index < -0.39 is 9.84 Å². The molecule has 2 aromatic carbocycles. The zero-order valence-corrected chi connectivity index (χ0v) is 16.2. The van der Waals surface area contributed by atoms with Gasteiger partial charge in [-0.1, -0.05) is 12.1 Å². The molecular formula is C20H20N2O5S.